The molecule has 3 heterocycles. The number of carbonyl (C=O) groups excluding carboxylic acids is 1. The van der Waals surface area contributed by atoms with Gasteiger partial charge >= 0.3 is 6.18 Å². The van der Waals surface area contributed by atoms with Gasteiger partial charge in [0.25, 0.3) is 0 Å². The standard InChI is InChI=1S/C15H17BrF3N5O/c1-2-10(25)23-5-3-4-8(7-23)14-22-12(16)11-13(20)21-6-9(24(11)14)15(17,18)19/h6,8H,2-5,7H2,1H3,(H2,20,21). The summed E-state index contributed by atoms with van der Waals surface area (Å²) in [4.78, 5) is 21.6. The quantitative estimate of drug-likeness (QED) is 0.810. The van der Waals surface area contributed by atoms with Crippen LogP contribution in [0, 0.1) is 0 Å². The maximum atomic E-state index is 13.5. The van der Waals surface area contributed by atoms with Gasteiger partial charge in [-0.1, -0.05) is 6.92 Å². The van der Waals surface area contributed by atoms with E-state index in [0.29, 0.717) is 32.4 Å². The molecule has 0 spiro atoms. The van der Waals surface area contributed by atoms with Gasteiger partial charge in [-0.2, -0.15) is 13.2 Å². The monoisotopic (exact) mass is 419 g/mol. The van der Waals surface area contributed by atoms with Crippen molar-refractivity contribution in [3.8, 4) is 0 Å². The van der Waals surface area contributed by atoms with Crippen LogP contribution in [0.15, 0.2) is 10.8 Å². The molecule has 0 radical (unpaired) electrons. The highest BCUT2D eigenvalue weighted by Gasteiger charge is 2.38. The van der Waals surface area contributed by atoms with Crippen LogP contribution in [-0.4, -0.2) is 38.3 Å². The lowest BCUT2D eigenvalue weighted by molar-refractivity contribution is -0.142. The summed E-state index contributed by atoms with van der Waals surface area (Å²) in [6.07, 6.45) is -2.15. The van der Waals surface area contributed by atoms with Gasteiger partial charge in [-0.3, -0.25) is 9.20 Å². The molecule has 2 N–H and O–H groups in total. The molecule has 0 aromatic carbocycles. The van der Waals surface area contributed by atoms with Crippen LogP contribution in [0.4, 0.5) is 19.0 Å². The molecule has 10 heteroatoms. The van der Waals surface area contributed by atoms with Gasteiger partial charge in [-0.15, -0.1) is 0 Å². The first kappa shape index (κ1) is 18.0. The minimum atomic E-state index is -4.60. The van der Waals surface area contributed by atoms with E-state index in [-0.39, 0.29) is 33.6 Å². The predicted molar refractivity (Wildman–Crippen MR) is 88.9 cm³/mol. The normalized spacial score (nSPS) is 18.8. The van der Waals surface area contributed by atoms with Crippen molar-refractivity contribution in [3.63, 3.8) is 0 Å². The summed E-state index contributed by atoms with van der Waals surface area (Å²) in [5.74, 6) is -0.0966. The van der Waals surface area contributed by atoms with Crippen LogP contribution in [0.1, 0.15) is 43.6 Å². The lowest BCUT2D eigenvalue weighted by atomic mass is 9.97. The fourth-order valence-corrected chi connectivity index (χ4v) is 3.80. The van der Waals surface area contributed by atoms with Crippen LogP contribution in [-0.2, 0) is 11.0 Å². The summed E-state index contributed by atoms with van der Waals surface area (Å²) >= 11 is 3.19. The zero-order valence-corrected chi connectivity index (χ0v) is 15.1. The number of hydrogen-bond donors (Lipinski definition) is 1. The van der Waals surface area contributed by atoms with Crippen LogP contribution in [0.25, 0.3) is 5.52 Å². The molecular formula is C15H17BrF3N5O. The molecule has 6 nitrogen and oxygen atoms in total. The van der Waals surface area contributed by atoms with E-state index in [4.69, 9.17) is 5.73 Å². The van der Waals surface area contributed by atoms with E-state index >= 15 is 0 Å². The molecule has 1 amide bonds. The molecule has 1 aliphatic rings. The number of fused-ring (bicyclic) bond motifs is 1. The molecule has 2 aromatic rings. The Morgan fingerprint density at radius 3 is 2.84 bits per heavy atom. The average Bonchev–Trinajstić information content (AvgIpc) is 2.92. The summed E-state index contributed by atoms with van der Waals surface area (Å²) in [5, 5.41) is 0. The number of imidazole rings is 1. The van der Waals surface area contributed by atoms with Crippen molar-refractivity contribution in [2.75, 3.05) is 18.8 Å². The number of amides is 1. The maximum Gasteiger partial charge on any atom is 0.433 e. The summed E-state index contributed by atoms with van der Waals surface area (Å²) in [6.45, 7) is 2.72. The van der Waals surface area contributed by atoms with E-state index in [2.05, 4.69) is 25.9 Å². The number of carbonyl (C=O) groups is 1. The van der Waals surface area contributed by atoms with Gasteiger partial charge in [0.05, 0.1) is 6.20 Å². The lowest BCUT2D eigenvalue weighted by Crippen LogP contribution is -2.39. The highest BCUT2D eigenvalue weighted by Crippen LogP contribution is 2.37. The number of nitrogens with two attached hydrogens (primary N) is 1. The minimum Gasteiger partial charge on any atom is -0.382 e. The van der Waals surface area contributed by atoms with Gasteiger partial charge in [-0.25, -0.2) is 9.97 Å². The van der Waals surface area contributed by atoms with E-state index in [1.807, 2.05) is 0 Å². The molecule has 1 fully saturated rings. The van der Waals surface area contributed by atoms with Crippen LogP contribution in [0.2, 0.25) is 0 Å². The van der Waals surface area contributed by atoms with Gasteiger partial charge in [0.1, 0.15) is 21.6 Å². The predicted octanol–water partition coefficient (Wildman–Crippen LogP) is 3.21. The highest BCUT2D eigenvalue weighted by atomic mass is 79.9. The Hall–Kier alpha value is -1.84. The minimum absolute atomic E-state index is 0.0122. The molecule has 0 saturated carbocycles. The Bertz CT molecular complexity index is 820. The highest BCUT2D eigenvalue weighted by molar-refractivity contribution is 9.10. The number of nitrogens with zero attached hydrogens (tertiary/aromatic N) is 4. The molecule has 0 aliphatic carbocycles. The Morgan fingerprint density at radius 1 is 1.48 bits per heavy atom. The first-order valence-corrected chi connectivity index (χ1v) is 8.70. The van der Waals surface area contributed by atoms with Gasteiger partial charge < -0.3 is 10.6 Å². The molecule has 2 aromatic heterocycles. The number of aromatic nitrogens is 3. The molecule has 136 valence electrons. The third kappa shape index (κ3) is 3.19. The summed E-state index contributed by atoms with van der Waals surface area (Å²) in [6, 6.07) is 0. The Labute approximate surface area is 150 Å². The fraction of sp³-hybridized carbons (Fsp3) is 0.533. The number of piperidine rings is 1. The third-order valence-electron chi connectivity index (χ3n) is 4.40. The van der Waals surface area contributed by atoms with Gasteiger partial charge in [0, 0.05) is 25.4 Å². The van der Waals surface area contributed by atoms with Gasteiger partial charge in [0.2, 0.25) is 5.91 Å². The number of likely N-dealkylation sites (tertiary alicyclic amines) is 1. The largest absolute Gasteiger partial charge is 0.433 e. The van der Waals surface area contributed by atoms with Crippen molar-refractivity contribution in [1.82, 2.24) is 19.3 Å². The van der Waals surface area contributed by atoms with E-state index < -0.39 is 11.9 Å². The second-order valence-electron chi connectivity index (χ2n) is 6.00. The number of hydrogen-bond acceptors (Lipinski definition) is 4. The van der Waals surface area contributed by atoms with Gasteiger partial charge in [-0.05, 0) is 28.8 Å². The van der Waals surface area contributed by atoms with Crippen molar-refractivity contribution in [3.05, 3.63) is 22.3 Å². The van der Waals surface area contributed by atoms with E-state index in [1.54, 1.807) is 11.8 Å². The first-order chi connectivity index (χ1) is 11.7. The smallest absolute Gasteiger partial charge is 0.382 e. The van der Waals surface area contributed by atoms with Crippen LogP contribution in [0.5, 0.6) is 0 Å². The molecule has 25 heavy (non-hydrogen) atoms. The van der Waals surface area contributed by atoms with E-state index in [9.17, 15) is 18.0 Å². The van der Waals surface area contributed by atoms with Crippen molar-refractivity contribution >= 4 is 33.2 Å². The lowest BCUT2D eigenvalue weighted by Gasteiger charge is -2.32. The number of alkyl halides is 3. The third-order valence-corrected chi connectivity index (χ3v) is 4.96. The van der Waals surface area contributed by atoms with Crippen LogP contribution in [0.3, 0.4) is 0 Å². The van der Waals surface area contributed by atoms with E-state index in [1.165, 1.54) is 0 Å². The SMILES string of the molecule is CCC(=O)N1CCCC(c2nc(Br)c3c(N)ncc(C(F)(F)F)n23)C1. The fourth-order valence-electron chi connectivity index (χ4n) is 3.24. The Morgan fingerprint density at radius 2 is 2.20 bits per heavy atom. The number of anilines is 1. The number of halogens is 4. The van der Waals surface area contributed by atoms with Crippen molar-refractivity contribution in [2.45, 2.75) is 38.3 Å². The second-order valence-corrected chi connectivity index (χ2v) is 6.75. The topological polar surface area (TPSA) is 76.5 Å². The van der Waals surface area contributed by atoms with E-state index in [0.717, 1.165) is 10.6 Å². The maximum absolute atomic E-state index is 13.5. The number of rotatable bonds is 2. The van der Waals surface area contributed by atoms with Crippen molar-refractivity contribution in [2.24, 2.45) is 0 Å². The first-order valence-electron chi connectivity index (χ1n) is 7.91. The second kappa shape index (κ2) is 6.47. The molecule has 1 atom stereocenters. The van der Waals surface area contributed by atoms with Crippen LogP contribution >= 0.6 is 15.9 Å². The molecule has 3 rings (SSSR count). The molecule has 1 saturated heterocycles. The summed E-state index contributed by atoms with van der Waals surface area (Å²) < 4.78 is 41.6. The molecular weight excluding hydrogens is 403 g/mol. The molecule has 1 aliphatic heterocycles. The Kier molecular flexibility index (Phi) is 4.65. The zero-order valence-electron chi connectivity index (χ0n) is 13.5. The Balaban J connectivity index is 2.13. The van der Waals surface area contributed by atoms with Crippen LogP contribution < -0.4 is 5.73 Å². The molecule has 1 unspecified atom stereocenters. The van der Waals surface area contributed by atoms with Crippen molar-refractivity contribution in [1.29, 1.82) is 0 Å². The van der Waals surface area contributed by atoms with Gasteiger partial charge in [0.15, 0.2) is 5.82 Å². The molecule has 0 bridgehead atoms. The van der Waals surface area contributed by atoms with Crippen molar-refractivity contribution < 1.29 is 18.0 Å². The number of nitrogen functional groups attached to an aromatic ring is 1. The average molecular weight is 420 g/mol. The summed E-state index contributed by atoms with van der Waals surface area (Å²) in [7, 11) is 0. The summed E-state index contributed by atoms with van der Waals surface area (Å²) in [5.41, 5.74) is 4.95. The zero-order chi connectivity index (χ0) is 18.4.